The maximum Gasteiger partial charge on any atom is 0.409 e. The Bertz CT molecular complexity index is 745. The summed E-state index contributed by atoms with van der Waals surface area (Å²) in [6.07, 6.45) is 2.58. The molecule has 7 heteroatoms. The Morgan fingerprint density at radius 1 is 1.15 bits per heavy atom. The number of rotatable bonds is 5. The van der Waals surface area contributed by atoms with Crippen molar-refractivity contribution in [3.63, 3.8) is 0 Å². The van der Waals surface area contributed by atoms with Crippen molar-refractivity contribution in [2.24, 2.45) is 5.92 Å². The van der Waals surface area contributed by atoms with Crippen molar-refractivity contribution in [3.8, 4) is 5.69 Å². The third-order valence-corrected chi connectivity index (χ3v) is 4.51. The number of aromatic nitrogens is 2. The lowest BCUT2D eigenvalue weighted by Crippen LogP contribution is -2.36. The number of hydrogen-bond acceptors (Lipinski definition) is 4. The molecule has 1 fully saturated rings. The second kappa shape index (κ2) is 8.99. The Morgan fingerprint density at radius 3 is 2.67 bits per heavy atom. The van der Waals surface area contributed by atoms with Crippen LogP contribution in [0.15, 0.2) is 36.5 Å². The number of amides is 1. The van der Waals surface area contributed by atoms with Gasteiger partial charge in [-0.05, 0) is 42.7 Å². The molecule has 3 rings (SSSR count). The van der Waals surface area contributed by atoms with Crippen molar-refractivity contribution < 1.29 is 13.9 Å². The quantitative estimate of drug-likeness (QED) is 0.806. The van der Waals surface area contributed by atoms with Gasteiger partial charge in [0.05, 0.1) is 18.0 Å². The van der Waals surface area contributed by atoms with Crippen LogP contribution in [0.25, 0.3) is 5.69 Å². The maximum atomic E-state index is 13.1. The first-order chi connectivity index (χ1) is 13.0. The van der Waals surface area contributed by atoms with Gasteiger partial charge in [-0.1, -0.05) is 13.8 Å². The molecule has 2 heterocycles. The van der Waals surface area contributed by atoms with Crippen LogP contribution in [0.3, 0.4) is 0 Å². The molecule has 1 aliphatic rings. The molecule has 0 unspecified atom stereocenters. The zero-order chi connectivity index (χ0) is 19.2. The summed E-state index contributed by atoms with van der Waals surface area (Å²) in [6.45, 7) is 8.33. The normalized spacial score (nSPS) is 15.8. The minimum absolute atomic E-state index is 0.217. The first-order valence-electron chi connectivity index (χ1n) is 9.46. The van der Waals surface area contributed by atoms with Crippen molar-refractivity contribution in [3.05, 3.63) is 48.0 Å². The number of nitrogens with zero attached hydrogens (tertiary/aromatic N) is 4. The maximum absolute atomic E-state index is 13.1. The molecule has 146 valence electrons. The van der Waals surface area contributed by atoms with E-state index in [4.69, 9.17) is 4.74 Å². The Hall–Kier alpha value is -2.41. The summed E-state index contributed by atoms with van der Waals surface area (Å²) in [4.78, 5) is 16.2. The Labute approximate surface area is 159 Å². The largest absolute Gasteiger partial charge is 0.449 e. The first-order valence-corrected chi connectivity index (χ1v) is 9.46. The molecule has 0 aliphatic carbocycles. The Morgan fingerprint density at radius 2 is 1.93 bits per heavy atom. The number of hydrogen-bond donors (Lipinski definition) is 0. The van der Waals surface area contributed by atoms with Gasteiger partial charge >= 0.3 is 6.09 Å². The Balaban J connectivity index is 1.53. The van der Waals surface area contributed by atoms with Crippen molar-refractivity contribution in [1.29, 1.82) is 0 Å². The topological polar surface area (TPSA) is 50.6 Å². The minimum atomic E-state index is -0.257. The third-order valence-electron chi connectivity index (χ3n) is 4.51. The molecule has 1 aromatic heterocycles. The average molecular weight is 374 g/mol. The average Bonchev–Trinajstić information content (AvgIpc) is 2.98. The van der Waals surface area contributed by atoms with Gasteiger partial charge in [-0.3, -0.25) is 4.90 Å². The van der Waals surface area contributed by atoms with Gasteiger partial charge in [-0.15, -0.1) is 0 Å². The van der Waals surface area contributed by atoms with Crippen LogP contribution in [0.2, 0.25) is 0 Å². The van der Waals surface area contributed by atoms with E-state index in [0.717, 1.165) is 44.0 Å². The van der Waals surface area contributed by atoms with Crippen LogP contribution in [0, 0.1) is 11.7 Å². The van der Waals surface area contributed by atoms with E-state index in [2.05, 4.69) is 10.00 Å². The fourth-order valence-corrected chi connectivity index (χ4v) is 3.05. The molecule has 1 aromatic carbocycles. The van der Waals surface area contributed by atoms with Crippen LogP contribution in [0.5, 0.6) is 0 Å². The van der Waals surface area contributed by atoms with E-state index in [1.807, 2.05) is 26.1 Å². The summed E-state index contributed by atoms with van der Waals surface area (Å²) in [7, 11) is 0. The fourth-order valence-electron chi connectivity index (χ4n) is 3.05. The van der Waals surface area contributed by atoms with Crippen LogP contribution in [0.4, 0.5) is 9.18 Å². The fraction of sp³-hybridized carbons (Fsp3) is 0.500. The molecule has 0 N–H and O–H groups in total. The van der Waals surface area contributed by atoms with Crippen molar-refractivity contribution in [1.82, 2.24) is 19.6 Å². The molecular weight excluding hydrogens is 347 g/mol. The molecule has 1 aliphatic heterocycles. The van der Waals surface area contributed by atoms with Crippen molar-refractivity contribution >= 4 is 6.09 Å². The summed E-state index contributed by atoms with van der Waals surface area (Å²) in [5, 5.41) is 4.59. The molecule has 0 atom stereocenters. The van der Waals surface area contributed by atoms with Crippen molar-refractivity contribution in [2.75, 3.05) is 32.8 Å². The van der Waals surface area contributed by atoms with Crippen molar-refractivity contribution in [2.45, 2.75) is 26.8 Å². The highest BCUT2D eigenvalue weighted by atomic mass is 19.1. The summed E-state index contributed by atoms with van der Waals surface area (Å²) >= 11 is 0. The van der Waals surface area contributed by atoms with Crippen LogP contribution in [-0.2, 0) is 11.3 Å². The van der Waals surface area contributed by atoms with Gasteiger partial charge in [0.1, 0.15) is 5.82 Å². The monoisotopic (exact) mass is 374 g/mol. The molecule has 0 bridgehead atoms. The number of ether oxygens (including phenoxy) is 1. The van der Waals surface area contributed by atoms with Gasteiger partial charge in [0, 0.05) is 38.9 Å². The standard InChI is InChI=1S/C20H27FN4O2/c1-16(2)15-27-20(26)24-10-3-9-23(12-13-24)14-18-8-11-25(22-18)19-6-4-17(21)5-7-19/h4-8,11,16H,3,9-10,12-15H2,1-2H3. The summed E-state index contributed by atoms with van der Waals surface area (Å²) in [5.74, 6) is 0.0841. The predicted molar refractivity (Wildman–Crippen MR) is 101 cm³/mol. The van der Waals surface area contributed by atoms with E-state index in [0.29, 0.717) is 19.1 Å². The number of halogens is 1. The lowest BCUT2D eigenvalue weighted by Gasteiger charge is -2.21. The van der Waals surface area contributed by atoms with Crippen LogP contribution in [-0.4, -0.2) is 58.5 Å². The first kappa shape index (κ1) is 19.4. The molecule has 6 nitrogen and oxygen atoms in total. The van der Waals surface area contributed by atoms with E-state index in [-0.39, 0.29) is 11.9 Å². The number of carbonyl (C=O) groups is 1. The van der Waals surface area contributed by atoms with Gasteiger partial charge in [-0.2, -0.15) is 5.10 Å². The number of carbonyl (C=O) groups excluding carboxylic acids is 1. The van der Waals surface area contributed by atoms with Gasteiger partial charge < -0.3 is 9.64 Å². The van der Waals surface area contributed by atoms with E-state index < -0.39 is 0 Å². The third kappa shape index (κ3) is 5.53. The molecule has 2 aromatic rings. The smallest absolute Gasteiger partial charge is 0.409 e. The summed E-state index contributed by atoms with van der Waals surface area (Å²) in [5.41, 5.74) is 1.78. The van der Waals surface area contributed by atoms with Gasteiger partial charge in [0.15, 0.2) is 0 Å². The second-order valence-corrected chi connectivity index (χ2v) is 7.32. The zero-order valence-electron chi connectivity index (χ0n) is 16.0. The van der Waals surface area contributed by atoms with Crippen LogP contribution >= 0.6 is 0 Å². The van der Waals surface area contributed by atoms with Gasteiger partial charge in [-0.25, -0.2) is 13.9 Å². The molecular formula is C20H27FN4O2. The summed E-state index contributed by atoms with van der Waals surface area (Å²) in [6, 6.07) is 8.25. The molecule has 0 spiro atoms. The van der Waals surface area contributed by atoms with Crippen LogP contribution in [0.1, 0.15) is 26.0 Å². The molecule has 27 heavy (non-hydrogen) atoms. The molecule has 0 radical (unpaired) electrons. The molecule has 0 saturated carbocycles. The van der Waals surface area contributed by atoms with E-state index in [9.17, 15) is 9.18 Å². The highest BCUT2D eigenvalue weighted by molar-refractivity contribution is 5.67. The SMILES string of the molecule is CC(C)COC(=O)N1CCCN(Cc2ccn(-c3ccc(F)cc3)n2)CC1. The molecule has 1 saturated heterocycles. The van der Waals surface area contributed by atoms with E-state index >= 15 is 0 Å². The minimum Gasteiger partial charge on any atom is -0.449 e. The van der Waals surface area contributed by atoms with E-state index in [1.54, 1.807) is 21.7 Å². The lowest BCUT2D eigenvalue weighted by molar-refractivity contribution is 0.0930. The Kier molecular flexibility index (Phi) is 6.45. The predicted octanol–water partition coefficient (Wildman–Crippen LogP) is 3.31. The van der Waals surface area contributed by atoms with Gasteiger partial charge in [0.2, 0.25) is 0 Å². The highest BCUT2D eigenvalue weighted by Crippen LogP contribution is 2.12. The lowest BCUT2D eigenvalue weighted by atomic mass is 10.2. The zero-order valence-corrected chi connectivity index (χ0v) is 16.0. The van der Waals surface area contributed by atoms with E-state index in [1.165, 1.54) is 12.1 Å². The molecule has 1 amide bonds. The van der Waals surface area contributed by atoms with Gasteiger partial charge in [0.25, 0.3) is 0 Å². The van der Waals surface area contributed by atoms with Crippen LogP contribution < -0.4 is 0 Å². The summed E-state index contributed by atoms with van der Waals surface area (Å²) < 4.78 is 20.1. The second-order valence-electron chi connectivity index (χ2n) is 7.32. The number of benzene rings is 1. The highest BCUT2D eigenvalue weighted by Gasteiger charge is 2.21.